The van der Waals surface area contributed by atoms with Gasteiger partial charge in [-0.25, -0.2) is 0 Å². The molecule has 0 aromatic heterocycles. The van der Waals surface area contributed by atoms with Crippen LogP contribution in [-0.2, 0) is 14.4 Å². The van der Waals surface area contributed by atoms with Gasteiger partial charge in [0.1, 0.15) is 0 Å². The van der Waals surface area contributed by atoms with Crippen molar-refractivity contribution < 1.29 is 35.5 Å². The number of hydrogen-bond donors (Lipinski definition) is 0. The maximum atomic E-state index is 12.4. The van der Waals surface area contributed by atoms with E-state index in [0.29, 0.717) is 10.8 Å². The molecule has 0 atom stereocenters. The van der Waals surface area contributed by atoms with E-state index in [1.807, 2.05) is 0 Å². The number of carbonyl (C=O) groups excluding carboxylic acids is 2. The summed E-state index contributed by atoms with van der Waals surface area (Å²) in [4.78, 5) is 24.2. The van der Waals surface area contributed by atoms with E-state index >= 15 is 0 Å². The average Bonchev–Trinajstić information content (AvgIpc) is 2.71. The highest BCUT2D eigenvalue weighted by atomic mass is 32.2. The van der Waals surface area contributed by atoms with Crippen LogP contribution < -0.4 is 0 Å². The summed E-state index contributed by atoms with van der Waals surface area (Å²) in [5.41, 5.74) is -6.19. The number of hydroxylamine groups is 2. The number of alkyl halides is 3. The second kappa shape index (κ2) is 4.77. The van der Waals surface area contributed by atoms with Crippen LogP contribution in [0.15, 0.2) is 36.4 Å². The zero-order valence-electron chi connectivity index (χ0n) is 11.0. The van der Waals surface area contributed by atoms with Gasteiger partial charge in [0.05, 0.1) is 11.1 Å². The molecule has 0 bridgehead atoms. The number of imide groups is 1. The molecule has 6 nitrogen and oxygen atoms in total. The van der Waals surface area contributed by atoms with Crippen molar-refractivity contribution in [3.8, 4) is 0 Å². The number of benzene rings is 2. The van der Waals surface area contributed by atoms with Gasteiger partial charge in [0.2, 0.25) is 0 Å². The largest absolute Gasteiger partial charge is 0.525 e. The molecular formula is C13H6F3NO5S. The van der Waals surface area contributed by atoms with Crippen molar-refractivity contribution in [2.24, 2.45) is 0 Å². The molecule has 0 N–H and O–H groups in total. The third-order valence-corrected chi connectivity index (χ3v) is 4.11. The van der Waals surface area contributed by atoms with E-state index in [1.165, 1.54) is 18.2 Å². The van der Waals surface area contributed by atoms with Crippen LogP contribution in [0.2, 0.25) is 0 Å². The second-order valence-electron chi connectivity index (χ2n) is 4.59. The Labute approximate surface area is 127 Å². The molecule has 0 fully saturated rings. The van der Waals surface area contributed by atoms with Crippen LogP contribution >= 0.6 is 0 Å². The van der Waals surface area contributed by atoms with Gasteiger partial charge in [0.15, 0.2) is 0 Å². The summed E-state index contributed by atoms with van der Waals surface area (Å²) < 4.78 is 62.8. The first kappa shape index (κ1) is 15.4. The van der Waals surface area contributed by atoms with Gasteiger partial charge in [-0.3, -0.25) is 9.59 Å². The van der Waals surface area contributed by atoms with Crippen molar-refractivity contribution in [3.63, 3.8) is 0 Å². The van der Waals surface area contributed by atoms with Crippen LogP contribution in [0.4, 0.5) is 13.2 Å². The lowest BCUT2D eigenvalue weighted by Gasteiger charge is -2.14. The predicted molar refractivity (Wildman–Crippen MR) is 70.5 cm³/mol. The molecule has 0 saturated heterocycles. The van der Waals surface area contributed by atoms with E-state index in [-0.39, 0.29) is 16.2 Å². The van der Waals surface area contributed by atoms with E-state index < -0.39 is 27.4 Å². The van der Waals surface area contributed by atoms with Gasteiger partial charge in [0.25, 0.3) is 11.8 Å². The molecule has 1 aliphatic heterocycles. The molecule has 2 aromatic carbocycles. The van der Waals surface area contributed by atoms with E-state index in [1.54, 1.807) is 18.2 Å². The first-order chi connectivity index (χ1) is 10.6. The summed E-state index contributed by atoms with van der Waals surface area (Å²) >= 11 is 0. The molecule has 1 aliphatic rings. The zero-order valence-corrected chi connectivity index (χ0v) is 11.8. The average molecular weight is 345 g/mol. The van der Waals surface area contributed by atoms with Crippen LogP contribution in [0.3, 0.4) is 0 Å². The topological polar surface area (TPSA) is 80.8 Å². The minimum absolute atomic E-state index is 0.203. The Morgan fingerprint density at radius 1 is 0.957 bits per heavy atom. The first-order valence-corrected chi connectivity index (χ1v) is 7.46. The van der Waals surface area contributed by atoms with Crippen molar-refractivity contribution in [2.45, 2.75) is 5.51 Å². The van der Waals surface area contributed by atoms with Crippen LogP contribution in [0.25, 0.3) is 10.8 Å². The number of hydrogen-bond acceptors (Lipinski definition) is 5. The zero-order chi connectivity index (χ0) is 17.0. The summed E-state index contributed by atoms with van der Waals surface area (Å²) in [6.45, 7) is 0. The summed E-state index contributed by atoms with van der Waals surface area (Å²) in [5, 5.41) is 0.478. The summed E-state index contributed by atoms with van der Waals surface area (Å²) in [6, 6.07) is 9.06. The number of fused-ring (bicyclic) bond motifs is 3. The van der Waals surface area contributed by atoms with Gasteiger partial charge in [-0.05, 0) is 16.8 Å². The van der Waals surface area contributed by atoms with Crippen LogP contribution in [0.1, 0.15) is 20.7 Å². The predicted octanol–water partition coefficient (Wildman–Crippen LogP) is 2.22. The van der Waals surface area contributed by atoms with Crippen molar-refractivity contribution in [3.05, 3.63) is 47.5 Å². The summed E-state index contributed by atoms with van der Waals surface area (Å²) in [7, 11) is -6.13. The minimum atomic E-state index is -6.13. The third kappa shape index (κ3) is 2.26. The van der Waals surface area contributed by atoms with Gasteiger partial charge in [-0.15, -0.1) is 9.35 Å². The molecule has 2 aromatic rings. The standard InChI is InChI=1S/C13H6F3NO5S/c14-13(15,16)23(20,21)22-17-11(18)9-6-5-7-3-1-2-4-8(7)10(9)12(17)19/h1-6H. The molecule has 3 rings (SSSR count). The number of nitrogens with zero attached hydrogens (tertiary/aromatic N) is 1. The van der Waals surface area contributed by atoms with Gasteiger partial charge < -0.3 is 0 Å². The molecule has 23 heavy (non-hydrogen) atoms. The fourth-order valence-electron chi connectivity index (χ4n) is 2.19. The van der Waals surface area contributed by atoms with Crippen LogP contribution in [0.5, 0.6) is 0 Å². The Morgan fingerprint density at radius 2 is 1.61 bits per heavy atom. The quantitative estimate of drug-likeness (QED) is 0.616. The minimum Gasteiger partial charge on any atom is -0.266 e. The highest BCUT2D eigenvalue weighted by Crippen LogP contribution is 2.33. The third-order valence-electron chi connectivity index (χ3n) is 3.20. The Bertz CT molecular complexity index is 952. The molecule has 120 valence electrons. The summed E-state index contributed by atoms with van der Waals surface area (Å²) in [6.07, 6.45) is 0. The maximum absolute atomic E-state index is 12.4. The molecule has 10 heteroatoms. The lowest BCUT2D eigenvalue weighted by molar-refractivity contribution is -0.0748. The lowest BCUT2D eigenvalue weighted by atomic mass is 10.0. The number of carbonyl (C=O) groups is 2. The van der Waals surface area contributed by atoms with E-state index in [4.69, 9.17) is 0 Å². The molecule has 0 spiro atoms. The van der Waals surface area contributed by atoms with Crippen molar-refractivity contribution in [1.82, 2.24) is 5.06 Å². The van der Waals surface area contributed by atoms with Gasteiger partial charge >= 0.3 is 15.6 Å². The molecule has 1 heterocycles. The monoisotopic (exact) mass is 345 g/mol. The smallest absolute Gasteiger partial charge is 0.266 e. The number of amides is 2. The molecule has 0 saturated carbocycles. The number of rotatable bonds is 2. The molecule has 0 unspecified atom stereocenters. The molecule has 0 aliphatic carbocycles. The Kier molecular flexibility index (Phi) is 3.20. The Hall–Kier alpha value is -2.46. The van der Waals surface area contributed by atoms with Crippen LogP contribution in [-0.4, -0.2) is 30.8 Å². The Morgan fingerprint density at radius 3 is 2.26 bits per heavy atom. The molecule has 2 amide bonds. The van der Waals surface area contributed by atoms with Crippen molar-refractivity contribution in [2.75, 3.05) is 0 Å². The molecular weight excluding hydrogens is 339 g/mol. The fraction of sp³-hybridized carbons (Fsp3) is 0.0769. The van der Waals surface area contributed by atoms with Gasteiger partial charge in [-0.1, -0.05) is 30.3 Å². The lowest BCUT2D eigenvalue weighted by Crippen LogP contribution is -2.37. The van der Waals surface area contributed by atoms with E-state index in [0.717, 1.165) is 0 Å². The maximum Gasteiger partial charge on any atom is 0.525 e. The first-order valence-electron chi connectivity index (χ1n) is 6.05. The highest BCUT2D eigenvalue weighted by molar-refractivity contribution is 7.87. The van der Waals surface area contributed by atoms with E-state index in [9.17, 15) is 31.2 Å². The number of halogens is 3. The normalized spacial score (nSPS) is 15.3. The summed E-state index contributed by atoms with van der Waals surface area (Å²) in [5.74, 6) is -2.54. The van der Waals surface area contributed by atoms with Crippen LogP contribution in [0, 0.1) is 0 Å². The SMILES string of the molecule is O=C1c2ccc3ccccc3c2C(=O)N1OS(=O)(=O)C(F)(F)F. The highest BCUT2D eigenvalue weighted by Gasteiger charge is 2.52. The second-order valence-corrected chi connectivity index (χ2v) is 6.11. The van der Waals surface area contributed by atoms with Gasteiger partial charge in [0, 0.05) is 0 Å². The van der Waals surface area contributed by atoms with Crippen molar-refractivity contribution >= 4 is 32.7 Å². The fourth-order valence-corrected chi connectivity index (χ4v) is 2.61. The van der Waals surface area contributed by atoms with Gasteiger partial charge in [-0.2, -0.15) is 21.6 Å². The molecule has 0 radical (unpaired) electrons. The van der Waals surface area contributed by atoms with E-state index in [2.05, 4.69) is 4.28 Å². The van der Waals surface area contributed by atoms with Crippen molar-refractivity contribution in [1.29, 1.82) is 0 Å². The Balaban J connectivity index is 2.10.